The number of aromatic nitrogens is 3. The first-order valence-electron chi connectivity index (χ1n) is 11.3. The molecule has 10 heteroatoms. The van der Waals surface area contributed by atoms with E-state index in [1.165, 1.54) is 0 Å². The highest BCUT2D eigenvalue weighted by Gasteiger charge is 2.19. The molecule has 2 aromatic heterocycles. The van der Waals surface area contributed by atoms with Crippen LogP contribution in [0.5, 0.6) is 5.75 Å². The van der Waals surface area contributed by atoms with E-state index < -0.39 is 0 Å². The summed E-state index contributed by atoms with van der Waals surface area (Å²) >= 11 is 15.0. The molecule has 5 rings (SSSR count). The molecule has 1 saturated heterocycles. The Morgan fingerprint density at radius 1 is 1.14 bits per heavy atom. The van der Waals surface area contributed by atoms with E-state index >= 15 is 0 Å². The Balaban J connectivity index is 1.51. The molecule has 1 N–H and O–H groups in total. The topological polar surface area (TPSA) is 64.4 Å². The van der Waals surface area contributed by atoms with Gasteiger partial charge in [-0.1, -0.05) is 48.3 Å². The van der Waals surface area contributed by atoms with Crippen molar-refractivity contribution in [2.75, 3.05) is 49.4 Å². The highest BCUT2D eigenvalue weighted by atomic mass is 35.5. The zero-order valence-corrected chi connectivity index (χ0v) is 21.8. The Kier molecular flexibility index (Phi) is 7.24. The molecule has 0 unspecified atom stereocenters. The molecule has 0 aliphatic carbocycles. The Bertz CT molecular complexity index is 1360. The third kappa shape index (κ3) is 4.89. The second-order valence-electron chi connectivity index (χ2n) is 7.92. The molecule has 1 fully saturated rings. The first kappa shape index (κ1) is 24.1. The van der Waals surface area contributed by atoms with Crippen LogP contribution < -0.4 is 15.0 Å². The summed E-state index contributed by atoms with van der Waals surface area (Å²) in [4.78, 5) is 11.4. The molecule has 35 heavy (non-hydrogen) atoms. The van der Waals surface area contributed by atoms with E-state index in [0.29, 0.717) is 46.3 Å². The van der Waals surface area contributed by atoms with Gasteiger partial charge in [0, 0.05) is 42.1 Å². The monoisotopic (exact) mass is 529 g/mol. The third-order valence-corrected chi connectivity index (χ3v) is 7.23. The van der Waals surface area contributed by atoms with Crippen LogP contribution in [0.3, 0.4) is 0 Å². The molecule has 0 radical (unpaired) electrons. The number of halogens is 2. The fourth-order valence-electron chi connectivity index (χ4n) is 4.18. The quantitative estimate of drug-likeness (QED) is 0.292. The van der Waals surface area contributed by atoms with E-state index in [4.69, 9.17) is 37.7 Å². The summed E-state index contributed by atoms with van der Waals surface area (Å²) in [6.07, 6.45) is 3.69. The SMILES string of the molecule is CCSn1cc(-c2nc(Nc3cc(Cl)c(N4CCOCC4)cc3OC)ncc2Cl)c2ccccc21. The van der Waals surface area contributed by atoms with Crippen LogP contribution in [-0.2, 0) is 4.74 Å². The van der Waals surface area contributed by atoms with E-state index in [-0.39, 0.29) is 0 Å². The summed E-state index contributed by atoms with van der Waals surface area (Å²) in [5.41, 5.74) is 4.31. The minimum Gasteiger partial charge on any atom is -0.494 e. The number of anilines is 3. The Labute approximate surface area is 218 Å². The fraction of sp³-hybridized carbons (Fsp3) is 0.280. The van der Waals surface area contributed by atoms with Gasteiger partial charge in [-0.25, -0.2) is 9.97 Å². The number of para-hydroxylation sites is 1. The van der Waals surface area contributed by atoms with Gasteiger partial charge in [0.05, 0.1) is 59.2 Å². The van der Waals surface area contributed by atoms with Crippen LogP contribution in [0.4, 0.5) is 17.3 Å². The molecule has 2 aromatic carbocycles. The van der Waals surface area contributed by atoms with Crippen molar-refractivity contribution in [2.24, 2.45) is 0 Å². The summed E-state index contributed by atoms with van der Waals surface area (Å²) in [5, 5.41) is 5.44. The van der Waals surface area contributed by atoms with Crippen molar-refractivity contribution in [3.05, 3.63) is 58.8 Å². The number of benzene rings is 2. The van der Waals surface area contributed by atoms with E-state index in [1.54, 1.807) is 25.3 Å². The maximum atomic E-state index is 6.66. The van der Waals surface area contributed by atoms with Crippen LogP contribution in [0.15, 0.2) is 48.8 Å². The van der Waals surface area contributed by atoms with Gasteiger partial charge in [0.25, 0.3) is 0 Å². The lowest BCUT2D eigenvalue weighted by Gasteiger charge is -2.30. The largest absolute Gasteiger partial charge is 0.494 e. The second-order valence-corrected chi connectivity index (χ2v) is 9.97. The van der Waals surface area contributed by atoms with Crippen molar-refractivity contribution in [1.82, 2.24) is 13.9 Å². The van der Waals surface area contributed by atoms with Gasteiger partial charge >= 0.3 is 0 Å². The molecule has 182 valence electrons. The van der Waals surface area contributed by atoms with E-state index in [9.17, 15) is 0 Å². The molecule has 0 spiro atoms. The van der Waals surface area contributed by atoms with Gasteiger partial charge in [-0.3, -0.25) is 3.97 Å². The number of nitrogens with zero attached hydrogens (tertiary/aromatic N) is 4. The zero-order chi connectivity index (χ0) is 24.4. The van der Waals surface area contributed by atoms with Crippen molar-refractivity contribution in [3.8, 4) is 17.0 Å². The zero-order valence-electron chi connectivity index (χ0n) is 19.4. The van der Waals surface area contributed by atoms with Gasteiger partial charge in [-0.05, 0) is 24.1 Å². The van der Waals surface area contributed by atoms with Crippen LogP contribution in [0.2, 0.25) is 10.0 Å². The Hall–Kier alpha value is -2.65. The van der Waals surface area contributed by atoms with Crippen molar-refractivity contribution in [3.63, 3.8) is 0 Å². The van der Waals surface area contributed by atoms with Gasteiger partial charge in [0.2, 0.25) is 5.95 Å². The van der Waals surface area contributed by atoms with Crippen molar-refractivity contribution < 1.29 is 9.47 Å². The minimum absolute atomic E-state index is 0.401. The minimum atomic E-state index is 0.401. The standard InChI is InChI=1S/C25H25Cl2N5O2S/c1-3-35-32-15-17(16-6-4-5-7-21(16)32)24-19(27)14-28-25(30-24)29-20-12-18(26)22(13-23(20)33-2)31-8-10-34-11-9-31/h4-7,12-15H,3,8-11H2,1-2H3,(H,28,29,30). The van der Waals surface area contributed by atoms with Crippen molar-refractivity contribution >= 4 is 63.4 Å². The van der Waals surface area contributed by atoms with Crippen LogP contribution in [0, 0.1) is 0 Å². The summed E-state index contributed by atoms with van der Waals surface area (Å²) < 4.78 is 13.3. The Morgan fingerprint density at radius 3 is 2.71 bits per heavy atom. The number of nitrogens with one attached hydrogen (secondary N) is 1. The molecular weight excluding hydrogens is 505 g/mol. The van der Waals surface area contributed by atoms with Crippen molar-refractivity contribution in [1.29, 1.82) is 0 Å². The lowest BCUT2D eigenvalue weighted by atomic mass is 10.1. The van der Waals surface area contributed by atoms with Gasteiger partial charge < -0.3 is 19.7 Å². The normalized spacial score (nSPS) is 13.9. The number of hydrogen-bond acceptors (Lipinski definition) is 7. The maximum absolute atomic E-state index is 6.66. The summed E-state index contributed by atoms with van der Waals surface area (Å²) in [6, 6.07) is 12.0. The van der Waals surface area contributed by atoms with Crippen molar-refractivity contribution in [2.45, 2.75) is 6.92 Å². The third-order valence-electron chi connectivity index (χ3n) is 5.81. The predicted molar refractivity (Wildman–Crippen MR) is 146 cm³/mol. The summed E-state index contributed by atoms with van der Waals surface area (Å²) in [5.74, 6) is 1.99. The van der Waals surface area contributed by atoms with E-state index in [2.05, 4.69) is 44.4 Å². The van der Waals surface area contributed by atoms with E-state index in [1.807, 2.05) is 24.3 Å². The number of morpholine rings is 1. The summed E-state index contributed by atoms with van der Waals surface area (Å²) in [7, 11) is 1.63. The summed E-state index contributed by atoms with van der Waals surface area (Å²) in [6.45, 7) is 5.04. The first-order chi connectivity index (χ1) is 17.1. The predicted octanol–water partition coefficient (Wildman–Crippen LogP) is 6.51. The lowest BCUT2D eigenvalue weighted by molar-refractivity contribution is 0.122. The highest BCUT2D eigenvalue weighted by Crippen LogP contribution is 2.39. The van der Waals surface area contributed by atoms with Crippen LogP contribution in [0.1, 0.15) is 6.92 Å². The molecule has 0 atom stereocenters. The Morgan fingerprint density at radius 2 is 1.94 bits per heavy atom. The average Bonchev–Trinajstić information content (AvgIpc) is 3.24. The van der Waals surface area contributed by atoms with Gasteiger partial charge in [0.1, 0.15) is 5.75 Å². The highest BCUT2D eigenvalue weighted by molar-refractivity contribution is 7.97. The molecule has 1 aliphatic rings. The van der Waals surface area contributed by atoms with Crippen LogP contribution >= 0.6 is 35.1 Å². The lowest BCUT2D eigenvalue weighted by Crippen LogP contribution is -2.36. The molecule has 0 bridgehead atoms. The second kappa shape index (κ2) is 10.5. The smallest absolute Gasteiger partial charge is 0.227 e. The average molecular weight is 530 g/mol. The van der Waals surface area contributed by atoms with Crippen LogP contribution in [-0.4, -0.2) is 53.1 Å². The van der Waals surface area contributed by atoms with Gasteiger partial charge in [-0.15, -0.1) is 0 Å². The molecule has 4 aromatic rings. The number of fused-ring (bicyclic) bond motifs is 1. The molecular formula is C25H25Cl2N5O2S. The first-order valence-corrected chi connectivity index (χ1v) is 13.0. The van der Waals surface area contributed by atoms with Gasteiger partial charge in [-0.2, -0.15) is 0 Å². The number of hydrogen-bond donors (Lipinski definition) is 1. The number of rotatable bonds is 7. The number of ether oxygens (including phenoxy) is 2. The molecule has 0 amide bonds. The fourth-order valence-corrected chi connectivity index (χ4v) is 5.41. The van der Waals surface area contributed by atoms with Crippen LogP contribution in [0.25, 0.3) is 22.2 Å². The molecule has 1 aliphatic heterocycles. The number of methoxy groups -OCH3 is 1. The molecule has 7 nitrogen and oxygen atoms in total. The van der Waals surface area contributed by atoms with E-state index in [0.717, 1.165) is 41.0 Å². The molecule has 0 saturated carbocycles. The van der Waals surface area contributed by atoms with Gasteiger partial charge in [0.15, 0.2) is 0 Å². The maximum Gasteiger partial charge on any atom is 0.227 e. The molecule has 3 heterocycles.